The highest BCUT2D eigenvalue weighted by Crippen LogP contribution is 2.15. The zero-order valence-electron chi connectivity index (χ0n) is 13.6. The Labute approximate surface area is 147 Å². The summed E-state index contributed by atoms with van der Waals surface area (Å²) in [4.78, 5) is 3.35. The van der Waals surface area contributed by atoms with Crippen molar-refractivity contribution in [2.24, 2.45) is 0 Å². The van der Waals surface area contributed by atoms with Gasteiger partial charge in [-0.1, -0.05) is 40.2 Å². The van der Waals surface area contributed by atoms with Crippen LogP contribution in [0.2, 0.25) is 0 Å². The summed E-state index contributed by atoms with van der Waals surface area (Å²) in [5.74, 6) is 1.02. The molecule has 1 saturated heterocycles. The second-order valence-electron chi connectivity index (χ2n) is 6.30. The Bertz CT molecular complexity index is 639. The molecule has 0 spiro atoms. The molecule has 1 fully saturated rings. The number of para-hydroxylation sites is 1. The summed E-state index contributed by atoms with van der Waals surface area (Å²) in [6, 6.07) is 17.1. The largest absolute Gasteiger partial charge is 0.496 e. The summed E-state index contributed by atoms with van der Waals surface area (Å²) >= 11 is 3.56. The third-order valence-electron chi connectivity index (χ3n) is 4.64. The zero-order chi connectivity index (χ0) is 16.1. The summed E-state index contributed by atoms with van der Waals surface area (Å²) in [6.07, 6.45) is 0. The lowest BCUT2D eigenvalue weighted by atomic mass is 10.1. The predicted octanol–water partition coefficient (Wildman–Crippen LogP) is 0.941. The van der Waals surface area contributed by atoms with Gasteiger partial charge in [0.25, 0.3) is 0 Å². The summed E-state index contributed by atoms with van der Waals surface area (Å²) in [7, 11) is 1.76. The SMILES string of the molecule is COc1ccccc1C[NH+]1CC[NH+](Cc2cccc(Br)c2)CC1. The molecule has 0 amide bonds. The number of hydrogen-bond acceptors (Lipinski definition) is 1. The minimum absolute atomic E-state index is 1.02. The number of piperazine rings is 1. The van der Waals surface area contributed by atoms with E-state index < -0.39 is 0 Å². The molecule has 2 aromatic rings. The first-order chi connectivity index (χ1) is 11.2. The number of ether oxygens (including phenoxy) is 1. The molecule has 1 aliphatic heterocycles. The van der Waals surface area contributed by atoms with Crippen LogP contribution in [0.3, 0.4) is 0 Å². The molecule has 122 valence electrons. The van der Waals surface area contributed by atoms with E-state index in [9.17, 15) is 0 Å². The summed E-state index contributed by atoms with van der Waals surface area (Å²) in [5, 5.41) is 0. The molecule has 2 N–H and O–H groups in total. The maximum absolute atomic E-state index is 5.48. The maximum atomic E-state index is 5.48. The van der Waals surface area contributed by atoms with Gasteiger partial charge in [-0.15, -0.1) is 0 Å². The Hall–Kier alpha value is -1.36. The molecule has 0 aromatic heterocycles. The van der Waals surface area contributed by atoms with Crippen LogP contribution < -0.4 is 14.5 Å². The normalized spacial score (nSPS) is 21.1. The van der Waals surface area contributed by atoms with Crippen LogP contribution in [0.25, 0.3) is 0 Å². The number of hydrogen-bond donors (Lipinski definition) is 2. The smallest absolute Gasteiger partial charge is 0.127 e. The first-order valence-corrected chi connectivity index (χ1v) is 9.07. The van der Waals surface area contributed by atoms with Gasteiger partial charge >= 0.3 is 0 Å². The van der Waals surface area contributed by atoms with Crippen molar-refractivity contribution in [1.82, 2.24) is 0 Å². The van der Waals surface area contributed by atoms with E-state index in [1.165, 1.54) is 41.8 Å². The molecule has 0 saturated carbocycles. The average molecular weight is 377 g/mol. The molecule has 0 atom stereocenters. The standard InChI is InChI=1S/C19H23BrN2O/c1-23-19-8-3-2-6-17(19)15-22-11-9-21(10-12-22)14-16-5-4-7-18(20)13-16/h2-8,13H,9-12,14-15H2,1H3/p+2. The average Bonchev–Trinajstić information content (AvgIpc) is 2.57. The fraction of sp³-hybridized carbons (Fsp3) is 0.368. The lowest BCUT2D eigenvalue weighted by Gasteiger charge is -2.30. The molecular weight excluding hydrogens is 352 g/mol. The van der Waals surface area contributed by atoms with Gasteiger partial charge in [-0.3, -0.25) is 0 Å². The molecule has 1 aliphatic rings. The molecule has 2 aromatic carbocycles. The highest BCUT2D eigenvalue weighted by Gasteiger charge is 2.23. The van der Waals surface area contributed by atoms with Gasteiger partial charge in [-0.25, -0.2) is 0 Å². The number of methoxy groups -OCH3 is 1. The van der Waals surface area contributed by atoms with Crippen molar-refractivity contribution in [3.05, 3.63) is 64.1 Å². The van der Waals surface area contributed by atoms with Gasteiger partial charge in [-0.2, -0.15) is 0 Å². The Morgan fingerprint density at radius 3 is 2.30 bits per heavy atom. The van der Waals surface area contributed by atoms with Crippen LogP contribution in [0, 0.1) is 0 Å². The molecule has 4 heteroatoms. The molecule has 1 heterocycles. The fourth-order valence-corrected chi connectivity index (χ4v) is 3.81. The van der Waals surface area contributed by atoms with Crippen molar-refractivity contribution >= 4 is 15.9 Å². The first kappa shape index (κ1) is 16.5. The Morgan fingerprint density at radius 2 is 1.61 bits per heavy atom. The van der Waals surface area contributed by atoms with Gasteiger partial charge in [0.1, 0.15) is 45.0 Å². The van der Waals surface area contributed by atoms with Gasteiger partial charge in [-0.05, 0) is 24.3 Å². The lowest BCUT2D eigenvalue weighted by molar-refractivity contribution is -1.02. The van der Waals surface area contributed by atoms with E-state index in [1.54, 1.807) is 16.9 Å². The minimum Gasteiger partial charge on any atom is -0.496 e. The van der Waals surface area contributed by atoms with E-state index in [0.717, 1.165) is 18.8 Å². The van der Waals surface area contributed by atoms with Crippen LogP contribution in [0.1, 0.15) is 11.1 Å². The molecule has 0 unspecified atom stereocenters. The quantitative estimate of drug-likeness (QED) is 0.794. The highest BCUT2D eigenvalue weighted by atomic mass is 79.9. The van der Waals surface area contributed by atoms with Gasteiger partial charge in [0.05, 0.1) is 7.11 Å². The Kier molecular flexibility index (Phi) is 5.70. The van der Waals surface area contributed by atoms with Crippen LogP contribution in [0.5, 0.6) is 5.75 Å². The summed E-state index contributed by atoms with van der Waals surface area (Å²) < 4.78 is 6.65. The topological polar surface area (TPSA) is 18.1 Å². The van der Waals surface area contributed by atoms with Gasteiger partial charge in [0.15, 0.2) is 0 Å². The minimum atomic E-state index is 1.02. The van der Waals surface area contributed by atoms with Gasteiger partial charge in [0, 0.05) is 15.6 Å². The third-order valence-corrected chi connectivity index (χ3v) is 5.13. The van der Waals surface area contributed by atoms with Crippen LogP contribution in [0.4, 0.5) is 0 Å². The number of rotatable bonds is 5. The van der Waals surface area contributed by atoms with Crippen molar-refractivity contribution in [2.75, 3.05) is 33.3 Å². The third kappa shape index (κ3) is 4.56. The highest BCUT2D eigenvalue weighted by molar-refractivity contribution is 9.10. The number of nitrogens with one attached hydrogen (secondary N) is 2. The van der Waals surface area contributed by atoms with Crippen molar-refractivity contribution in [3.63, 3.8) is 0 Å². The second kappa shape index (κ2) is 7.95. The van der Waals surface area contributed by atoms with E-state index >= 15 is 0 Å². The molecule has 3 rings (SSSR count). The van der Waals surface area contributed by atoms with E-state index in [4.69, 9.17) is 4.74 Å². The monoisotopic (exact) mass is 376 g/mol. The molecule has 3 nitrogen and oxygen atoms in total. The molecule has 0 aliphatic carbocycles. The van der Waals surface area contributed by atoms with E-state index in [1.807, 2.05) is 6.07 Å². The van der Waals surface area contributed by atoms with E-state index in [-0.39, 0.29) is 0 Å². The van der Waals surface area contributed by atoms with Crippen molar-refractivity contribution in [3.8, 4) is 5.75 Å². The number of halogens is 1. The first-order valence-electron chi connectivity index (χ1n) is 8.28. The van der Waals surface area contributed by atoms with Gasteiger partial charge in [0.2, 0.25) is 0 Å². The van der Waals surface area contributed by atoms with Crippen molar-refractivity contribution in [1.29, 1.82) is 0 Å². The lowest BCUT2D eigenvalue weighted by Crippen LogP contribution is -3.27. The van der Waals surface area contributed by atoms with E-state index in [2.05, 4.69) is 58.4 Å². The van der Waals surface area contributed by atoms with Crippen LogP contribution in [-0.4, -0.2) is 33.3 Å². The fourth-order valence-electron chi connectivity index (χ4n) is 3.36. The molecule has 23 heavy (non-hydrogen) atoms. The Morgan fingerprint density at radius 1 is 0.913 bits per heavy atom. The van der Waals surface area contributed by atoms with Gasteiger partial charge < -0.3 is 14.5 Å². The summed E-state index contributed by atoms with van der Waals surface area (Å²) in [5.41, 5.74) is 2.74. The second-order valence-corrected chi connectivity index (χ2v) is 7.21. The number of quaternary nitrogens is 2. The number of benzene rings is 2. The van der Waals surface area contributed by atoms with Crippen molar-refractivity contribution < 1.29 is 14.5 Å². The molecule has 0 radical (unpaired) electrons. The maximum Gasteiger partial charge on any atom is 0.127 e. The molecule has 0 bridgehead atoms. The van der Waals surface area contributed by atoms with E-state index in [0.29, 0.717) is 0 Å². The van der Waals surface area contributed by atoms with Crippen LogP contribution in [0.15, 0.2) is 53.0 Å². The zero-order valence-corrected chi connectivity index (χ0v) is 15.2. The summed E-state index contributed by atoms with van der Waals surface area (Å²) in [6.45, 7) is 7.10. The predicted molar refractivity (Wildman–Crippen MR) is 95.9 cm³/mol. The van der Waals surface area contributed by atoms with Crippen molar-refractivity contribution in [2.45, 2.75) is 13.1 Å². The Balaban J connectivity index is 1.52. The van der Waals surface area contributed by atoms with Crippen LogP contribution >= 0.6 is 15.9 Å². The molecular formula is C19H25BrN2O+2. The van der Waals surface area contributed by atoms with Crippen LogP contribution in [-0.2, 0) is 13.1 Å².